The van der Waals surface area contributed by atoms with Crippen LogP contribution in [0.25, 0.3) is 22.4 Å². The van der Waals surface area contributed by atoms with Gasteiger partial charge in [0, 0.05) is 0 Å². The maximum atomic E-state index is 3.81. The summed E-state index contributed by atoms with van der Waals surface area (Å²) < 4.78 is 0. The Hall–Kier alpha value is -1.82. The van der Waals surface area contributed by atoms with Gasteiger partial charge in [0.1, 0.15) is 0 Å². The minimum Gasteiger partial charge on any atom is -0.0990 e. The van der Waals surface area contributed by atoms with Crippen LogP contribution in [0.2, 0.25) is 0 Å². The van der Waals surface area contributed by atoms with Gasteiger partial charge in [0.15, 0.2) is 0 Å². The highest BCUT2D eigenvalue weighted by molar-refractivity contribution is 5.89. The molecule has 0 aromatic heterocycles. The summed E-state index contributed by atoms with van der Waals surface area (Å²) >= 11 is 0. The fraction of sp³-hybridized carbons (Fsp3) is 0.391. The largest absolute Gasteiger partial charge is 0.0990 e. The predicted molar refractivity (Wildman–Crippen MR) is 109 cm³/mol. The van der Waals surface area contributed by atoms with Gasteiger partial charge in [-0.2, -0.15) is 0 Å². The van der Waals surface area contributed by atoms with Gasteiger partial charge < -0.3 is 0 Å². The van der Waals surface area contributed by atoms with E-state index in [1.165, 1.54) is 45.2 Å². The molecule has 0 aliphatic heterocycles. The fourth-order valence-electron chi connectivity index (χ4n) is 2.85. The van der Waals surface area contributed by atoms with Crippen molar-refractivity contribution in [3.8, 4) is 0 Å². The molecular formula is C23H34. The molecule has 0 spiro atoms. The molecule has 0 saturated heterocycles. The van der Waals surface area contributed by atoms with E-state index in [2.05, 4.69) is 49.9 Å². The van der Waals surface area contributed by atoms with Crippen LogP contribution in [0.5, 0.6) is 0 Å². The highest BCUT2D eigenvalue weighted by atomic mass is 14.1. The lowest BCUT2D eigenvalue weighted by Gasteiger charge is -2.15. The molecule has 0 N–H and O–H groups in total. The summed E-state index contributed by atoms with van der Waals surface area (Å²) in [4.78, 5) is 0. The topological polar surface area (TPSA) is 0 Å². The fourth-order valence-corrected chi connectivity index (χ4v) is 2.85. The molecule has 126 valence electrons. The van der Waals surface area contributed by atoms with Crippen molar-refractivity contribution in [2.45, 2.75) is 61.3 Å². The molecule has 0 heteroatoms. The molecule has 0 saturated carbocycles. The Morgan fingerprint density at radius 3 is 2.13 bits per heavy atom. The van der Waals surface area contributed by atoms with Crippen LogP contribution in [-0.2, 0) is 6.42 Å². The van der Waals surface area contributed by atoms with Crippen LogP contribution in [-0.4, -0.2) is 0 Å². The summed E-state index contributed by atoms with van der Waals surface area (Å²) in [6, 6.07) is 11.1. The van der Waals surface area contributed by atoms with Gasteiger partial charge in [-0.25, -0.2) is 0 Å². The highest BCUT2D eigenvalue weighted by Crippen LogP contribution is 2.21. The van der Waals surface area contributed by atoms with Gasteiger partial charge in [-0.1, -0.05) is 96.2 Å². The molecule has 2 aromatic carbocycles. The quantitative estimate of drug-likeness (QED) is 0.606. The van der Waals surface area contributed by atoms with Crippen molar-refractivity contribution >= 4 is 22.4 Å². The molecule has 2 aromatic rings. The molecule has 0 fully saturated rings. The molecule has 0 atom stereocenters. The molecule has 1 aliphatic carbocycles. The van der Waals surface area contributed by atoms with E-state index in [9.17, 15) is 0 Å². The molecular weight excluding hydrogens is 276 g/mol. The van der Waals surface area contributed by atoms with E-state index in [0.29, 0.717) is 0 Å². The number of hydrogen-bond donors (Lipinski definition) is 0. The van der Waals surface area contributed by atoms with Crippen LogP contribution in [0.4, 0.5) is 0 Å². The monoisotopic (exact) mass is 310 g/mol. The van der Waals surface area contributed by atoms with Crippen molar-refractivity contribution in [1.29, 1.82) is 0 Å². The van der Waals surface area contributed by atoms with Crippen LogP contribution in [0.3, 0.4) is 0 Å². The Balaban J connectivity index is 0.000000728. The van der Waals surface area contributed by atoms with E-state index < -0.39 is 0 Å². The van der Waals surface area contributed by atoms with E-state index in [1.807, 2.05) is 47.6 Å². The average Bonchev–Trinajstić information content (AvgIpc) is 2.64. The van der Waals surface area contributed by atoms with Crippen LogP contribution < -0.4 is 10.4 Å². The molecule has 0 nitrogen and oxygen atoms in total. The minimum absolute atomic E-state index is 1.17. The lowest BCUT2D eigenvalue weighted by Crippen LogP contribution is -2.30. The molecule has 0 radical (unpaired) electrons. The molecule has 1 aliphatic rings. The minimum atomic E-state index is 1.17. The third-order valence-corrected chi connectivity index (χ3v) is 3.66. The summed E-state index contributed by atoms with van der Waals surface area (Å²) in [5.41, 5.74) is 2.99. The van der Waals surface area contributed by atoms with E-state index in [1.54, 1.807) is 0 Å². The number of rotatable bonds is 1. The lowest BCUT2D eigenvalue weighted by molar-refractivity contribution is 0.996. The van der Waals surface area contributed by atoms with Crippen molar-refractivity contribution in [3.05, 3.63) is 59.0 Å². The van der Waals surface area contributed by atoms with E-state index >= 15 is 0 Å². The second-order valence-corrected chi connectivity index (χ2v) is 4.73. The van der Waals surface area contributed by atoms with Crippen LogP contribution >= 0.6 is 0 Å². The van der Waals surface area contributed by atoms with Crippen molar-refractivity contribution in [2.24, 2.45) is 0 Å². The Morgan fingerprint density at radius 1 is 0.870 bits per heavy atom. The van der Waals surface area contributed by atoms with Crippen LogP contribution in [0.15, 0.2) is 43.0 Å². The number of aryl methyl sites for hydroxylation is 1. The predicted octanol–water partition coefficient (Wildman–Crippen LogP) is 6.00. The molecule has 0 amide bonds. The van der Waals surface area contributed by atoms with Gasteiger partial charge in [-0.15, -0.1) is 0 Å². The van der Waals surface area contributed by atoms with Gasteiger partial charge in [0.2, 0.25) is 0 Å². The van der Waals surface area contributed by atoms with Crippen molar-refractivity contribution < 1.29 is 0 Å². The Kier molecular flexibility index (Phi) is 10.8. The van der Waals surface area contributed by atoms with Gasteiger partial charge in [-0.05, 0) is 46.5 Å². The number of allylic oxidation sites excluding steroid dienone is 1. The smallest absolute Gasteiger partial charge is 0.00738 e. The first kappa shape index (κ1) is 21.2. The molecule has 0 unspecified atom stereocenters. The van der Waals surface area contributed by atoms with Crippen LogP contribution in [0, 0.1) is 0 Å². The van der Waals surface area contributed by atoms with E-state index in [0.717, 1.165) is 0 Å². The Labute approximate surface area is 143 Å². The maximum absolute atomic E-state index is 3.81. The summed E-state index contributed by atoms with van der Waals surface area (Å²) in [6.45, 7) is 18.1. The van der Waals surface area contributed by atoms with Crippen molar-refractivity contribution in [1.82, 2.24) is 0 Å². The maximum Gasteiger partial charge on any atom is -0.00738 e. The third-order valence-electron chi connectivity index (χ3n) is 3.66. The molecule has 23 heavy (non-hydrogen) atoms. The first-order chi connectivity index (χ1) is 11.3. The molecule has 3 rings (SSSR count). The van der Waals surface area contributed by atoms with Gasteiger partial charge in [-0.3, -0.25) is 0 Å². The Bertz CT molecular complexity index is 718. The SMILES string of the molecule is C=C/C=c1/ccc2cccc3c2c1=C(C)CC3.CC.CC.CC. The van der Waals surface area contributed by atoms with Gasteiger partial charge >= 0.3 is 0 Å². The third kappa shape index (κ3) is 4.82. The van der Waals surface area contributed by atoms with Crippen LogP contribution in [0.1, 0.15) is 60.5 Å². The number of hydrogen-bond acceptors (Lipinski definition) is 0. The average molecular weight is 311 g/mol. The second-order valence-electron chi connectivity index (χ2n) is 4.73. The normalized spacial score (nSPS) is 12.1. The lowest BCUT2D eigenvalue weighted by atomic mass is 9.89. The summed E-state index contributed by atoms with van der Waals surface area (Å²) in [5, 5.41) is 5.55. The van der Waals surface area contributed by atoms with Gasteiger partial charge in [0.25, 0.3) is 0 Å². The van der Waals surface area contributed by atoms with E-state index in [-0.39, 0.29) is 0 Å². The summed E-state index contributed by atoms with van der Waals surface area (Å²) in [7, 11) is 0. The van der Waals surface area contributed by atoms with E-state index in [4.69, 9.17) is 0 Å². The molecule has 0 heterocycles. The Morgan fingerprint density at radius 2 is 1.52 bits per heavy atom. The molecule has 0 bridgehead atoms. The van der Waals surface area contributed by atoms with Gasteiger partial charge in [0.05, 0.1) is 0 Å². The summed E-state index contributed by atoms with van der Waals surface area (Å²) in [6.07, 6.45) is 6.34. The van der Waals surface area contributed by atoms with Crippen molar-refractivity contribution in [3.63, 3.8) is 0 Å². The first-order valence-corrected chi connectivity index (χ1v) is 9.14. The zero-order valence-electron chi connectivity index (χ0n) is 16.2. The van der Waals surface area contributed by atoms with Crippen molar-refractivity contribution in [2.75, 3.05) is 0 Å². The number of benzene rings is 2. The second kappa shape index (κ2) is 11.7. The zero-order chi connectivity index (χ0) is 17.8. The zero-order valence-corrected chi connectivity index (χ0v) is 16.2. The highest BCUT2D eigenvalue weighted by Gasteiger charge is 2.10. The standard InChI is InChI=1S/C17H16.3C2H6/c1-3-5-13-10-11-15-7-4-6-14-9-8-12(2)16(13)17(14)15;3*1-2/h3-7,10-11H,1,8-9H2,2H3;3*1-2H3/b13-5-;;;. The first-order valence-electron chi connectivity index (χ1n) is 9.14. The summed E-state index contributed by atoms with van der Waals surface area (Å²) in [5.74, 6) is 0.